The molecule has 3 rings (SSSR count). The van der Waals surface area contributed by atoms with Gasteiger partial charge in [0, 0.05) is 30.3 Å². The zero-order valence-electron chi connectivity index (χ0n) is 12.6. The standard InChI is InChI=1S/C16H23N3O2/c1-9(2)13-5-11(6-15(17)18-13)16(21)19-7-10-3-4-14(20)12(10)8-19/h5-6,9-10,12,14,20H,3-4,7-8H2,1-2H3,(H2,17,18). The number of pyridine rings is 1. The molecule has 3 N–H and O–H groups in total. The molecule has 1 aromatic heterocycles. The Morgan fingerprint density at radius 3 is 2.81 bits per heavy atom. The van der Waals surface area contributed by atoms with Crippen molar-refractivity contribution in [3.63, 3.8) is 0 Å². The quantitative estimate of drug-likeness (QED) is 0.867. The molecule has 5 heteroatoms. The van der Waals surface area contributed by atoms with Gasteiger partial charge in [0.05, 0.1) is 6.10 Å². The van der Waals surface area contributed by atoms with Gasteiger partial charge in [0.2, 0.25) is 0 Å². The van der Waals surface area contributed by atoms with Crippen LogP contribution in [0.3, 0.4) is 0 Å². The Morgan fingerprint density at radius 2 is 2.14 bits per heavy atom. The van der Waals surface area contributed by atoms with Crippen LogP contribution in [0.2, 0.25) is 0 Å². The average molecular weight is 289 g/mol. The Labute approximate surface area is 125 Å². The monoisotopic (exact) mass is 289 g/mol. The zero-order chi connectivity index (χ0) is 15.1. The van der Waals surface area contributed by atoms with Crippen LogP contribution in [0.1, 0.15) is 48.7 Å². The number of amides is 1. The number of rotatable bonds is 2. The largest absolute Gasteiger partial charge is 0.393 e. The number of anilines is 1. The molecule has 1 aliphatic heterocycles. The molecular weight excluding hydrogens is 266 g/mol. The molecule has 2 aliphatic rings. The van der Waals surface area contributed by atoms with Crippen LogP contribution in [-0.2, 0) is 0 Å². The number of nitrogens with zero attached hydrogens (tertiary/aromatic N) is 2. The molecule has 2 heterocycles. The van der Waals surface area contributed by atoms with Crippen LogP contribution in [-0.4, -0.2) is 40.1 Å². The Balaban J connectivity index is 1.80. The van der Waals surface area contributed by atoms with Crippen LogP contribution in [0.25, 0.3) is 0 Å². The van der Waals surface area contributed by atoms with E-state index in [1.54, 1.807) is 6.07 Å². The van der Waals surface area contributed by atoms with Gasteiger partial charge in [0.15, 0.2) is 0 Å². The van der Waals surface area contributed by atoms with Crippen molar-refractivity contribution in [2.75, 3.05) is 18.8 Å². The van der Waals surface area contributed by atoms with Crippen molar-refractivity contribution in [2.24, 2.45) is 11.8 Å². The lowest BCUT2D eigenvalue weighted by atomic mass is 10.00. The van der Waals surface area contributed by atoms with Crippen molar-refractivity contribution in [3.8, 4) is 0 Å². The van der Waals surface area contributed by atoms with Crippen LogP contribution >= 0.6 is 0 Å². The lowest BCUT2D eigenvalue weighted by Crippen LogP contribution is -2.31. The van der Waals surface area contributed by atoms with Gasteiger partial charge >= 0.3 is 0 Å². The molecular formula is C16H23N3O2. The smallest absolute Gasteiger partial charge is 0.254 e. The summed E-state index contributed by atoms with van der Waals surface area (Å²) in [5.74, 6) is 1.34. The summed E-state index contributed by atoms with van der Waals surface area (Å²) in [6.07, 6.45) is 1.64. The maximum absolute atomic E-state index is 12.7. The van der Waals surface area contributed by atoms with Crippen molar-refractivity contribution < 1.29 is 9.90 Å². The lowest BCUT2D eigenvalue weighted by molar-refractivity contribution is 0.0752. The SMILES string of the molecule is CC(C)c1cc(C(=O)N2CC3CCC(O)C3C2)cc(N)n1. The third-order valence-electron chi connectivity index (χ3n) is 4.81. The van der Waals surface area contributed by atoms with E-state index < -0.39 is 0 Å². The first-order chi connectivity index (χ1) is 9.95. The van der Waals surface area contributed by atoms with Crippen molar-refractivity contribution in [1.29, 1.82) is 0 Å². The Bertz CT molecular complexity index is 558. The highest BCUT2D eigenvalue weighted by Gasteiger charge is 2.43. The molecule has 21 heavy (non-hydrogen) atoms. The van der Waals surface area contributed by atoms with Gasteiger partial charge in [-0.2, -0.15) is 0 Å². The first-order valence-corrected chi connectivity index (χ1v) is 7.70. The highest BCUT2D eigenvalue weighted by molar-refractivity contribution is 5.95. The fourth-order valence-electron chi connectivity index (χ4n) is 3.58. The number of carbonyl (C=O) groups excluding carboxylic acids is 1. The van der Waals surface area contributed by atoms with E-state index in [9.17, 15) is 9.90 Å². The Hall–Kier alpha value is -1.62. The number of likely N-dealkylation sites (tertiary alicyclic amines) is 1. The summed E-state index contributed by atoms with van der Waals surface area (Å²) in [5.41, 5.74) is 7.28. The summed E-state index contributed by atoms with van der Waals surface area (Å²) in [6.45, 7) is 5.48. The van der Waals surface area contributed by atoms with Crippen molar-refractivity contribution >= 4 is 11.7 Å². The van der Waals surface area contributed by atoms with Gasteiger partial charge in [-0.1, -0.05) is 13.8 Å². The van der Waals surface area contributed by atoms with Crippen LogP contribution < -0.4 is 5.73 Å². The normalized spacial score (nSPS) is 28.2. The number of hydrogen-bond acceptors (Lipinski definition) is 4. The zero-order valence-corrected chi connectivity index (χ0v) is 12.6. The number of aromatic nitrogens is 1. The van der Waals surface area contributed by atoms with E-state index >= 15 is 0 Å². The van der Waals surface area contributed by atoms with Gasteiger partial charge in [-0.15, -0.1) is 0 Å². The molecule has 0 spiro atoms. The highest BCUT2D eigenvalue weighted by atomic mass is 16.3. The number of hydrogen-bond donors (Lipinski definition) is 2. The molecule has 3 atom stereocenters. The maximum atomic E-state index is 12.7. The summed E-state index contributed by atoms with van der Waals surface area (Å²) in [4.78, 5) is 18.8. The molecule has 0 aromatic carbocycles. The number of aliphatic hydroxyl groups is 1. The molecule has 1 saturated carbocycles. The van der Waals surface area contributed by atoms with Crippen molar-refractivity contribution in [1.82, 2.24) is 9.88 Å². The summed E-state index contributed by atoms with van der Waals surface area (Å²) in [7, 11) is 0. The number of fused-ring (bicyclic) bond motifs is 1. The van der Waals surface area contributed by atoms with Gasteiger partial charge in [-0.25, -0.2) is 4.98 Å². The van der Waals surface area contributed by atoms with Crippen molar-refractivity contribution in [2.45, 2.75) is 38.7 Å². The number of carbonyl (C=O) groups is 1. The minimum atomic E-state index is -0.249. The summed E-state index contributed by atoms with van der Waals surface area (Å²) < 4.78 is 0. The highest BCUT2D eigenvalue weighted by Crippen LogP contribution is 2.38. The molecule has 5 nitrogen and oxygen atoms in total. The number of nitrogens with two attached hydrogens (primary N) is 1. The van der Waals surface area contributed by atoms with Gasteiger partial charge in [-0.3, -0.25) is 4.79 Å². The summed E-state index contributed by atoms with van der Waals surface area (Å²) in [6, 6.07) is 3.49. The maximum Gasteiger partial charge on any atom is 0.254 e. The van der Waals surface area contributed by atoms with E-state index in [4.69, 9.17) is 5.73 Å². The van der Waals surface area contributed by atoms with E-state index in [0.717, 1.165) is 25.1 Å². The number of aliphatic hydroxyl groups excluding tert-OH is 1. The molecule has 1 amide bonds. The molecule has 1 aromatic rings. The fourth-order valence-corrected chi connectivity index (χ4v) is 3.58. The van der Waals surface area contributed by atoms with E-state index in [1.807, 2.05) is 24.8 Å². The molecule has 0 bridgehead atoms. The van der Waals surface area contributed by atoms with Gasteiger partial charge < -0.3 is 15.7 Å². The first-order valence-electron chi connectivity index (χ1n) is 7.70. The van der Waals surface area contributed by atoms with E-state index in [2.05, 4.69) is 4.98 Å². The Morgan fingerprint density at radius 1 is 1.38 bits per heavy atom. The molecule has 0 radical (unpaired) electrons. The van der Waals surface area contributed by atoms with Gasteiger partial charge in [0.1, 0.15) is 5.82 Å². The Kier molecular flexibility index (Phi) is 3.61. The third kappa shape index (κ3) is 2.62. The van der Waals surface area contributed by atoms with Crippen LogP contribution in [0.15, 0.2) is 12.1 Å². The predicted molar refractivity (Wildman–Crippen MR) is 80.9 cm³/mol. The second-order valence-corrected chi connectivity index (χ2v) is 6.64. The molecule has 114 valence electrons. The second kappa shape index (κ2) is 5.30. The van der Waals surface area contributed by atoms with Crippen LogP contribution in [0, 0.1) is 11.8 Å². The summed E-state index contributed by atoms with van der Waals surface area (Å²) >= 11 is 0. The molecule has 1 saturated heterocycles. The van der Waals surface area contributed by atoms with E-state index in [-0.39, 0.29) is 23.8 Å². The van der Waals surface area contributed by atoms with E-state index in [0.29, 0.717) is 23.8 Å². The van der Waals surface area contributed by atoms with Crippen LogP contribution in [0.4, 0.5) is 5.82 Å². The van der Waals surface area contributed by atoms with Gasteiger partial charge in [0.25, 0.3) is 5.91 Å². The first kappa shape index (κ1) is 14.3. The van der Waals surface area contributed by atoms with Gasteiger partial charge in [-0.05, 0) is 36.8 Å². The molecule has 2 fully saturated rings. The molecule has 3 unspecified atom stereocenters. The lowest BCUT2D eigenvalue weighted by Gasteiger charge is -2.19. The minimum Gasteiger partial charge on any atom is -0.393 e. The van der Waals surface area contributed by atoms with Crippen LogP contribution in [0.5, 0.6) is 0 Å². The fraction of sp³-hybridized carbons (Fsp3) is 0.625. The topological polar surface area (TPSA) is 79.5 Å². The molecule has 1 aliphatic carbocycles. The predicted octanol–water partition coefficient (Wildman–Crippen LogP) is 1.63. The second-order valence-electron chi connectivity index (χ2n) is 6.64. The van der Waals surface area contributed by atoms with E-state index in [1.165, 1.54) is 0 Å². The summed E-state index contributed by atoms with van der Waals surface area (Å²) in [5, 5.41) is 9.96. The van der Waals surface area contributed by atoms with Crippen molar-refractivity contribution in [3.05, 3.63) is 23.4 Å². The third-order valence-corrected chi connectivity index (χ3v) is 4.81. The number of nitrogen functional groups attached to an aromatic ring is 1. The minimum absolute atomic E-state index is 0.00704. The average Bonchev–Trinajstić information content (AvgIpc) is 3.00.